The van der Waals surface area contributed by atoms with Gasteiger partial charge in [-0.15, -0.1) is 0 Å². The van der Waals surface area contributed by atoms with Gasteiger partial charge in [-0.3, -0.25) is 9.36 Å². The molecule has 1 aliphatic rings. The zero-order valence-corrected chi connectivity index (χ0v) is 13.1. The van der Waals surface area contributed by atoms with E-state index in [1.165, 1.54) is 6.20 Å². The predicted molar refractivity (Wildman–Crippen MR) is 82.2 cm³/mol. The van der Waals surface area contributed by atoms with Crippen LogP contribution in [0.25, 0.3) is 11.2 Å². The second kappa shape index (κ2) is 9.20. The maximum absolute atomic E-state index is 11.8. The van der Waals surface area contributed by atoms with E-state index in [0.717, 1.165) is 0 Å². The van der Waals surface area contributed by atoms with Crippen LogP contribution < -0.4 is 5.56 Å². The molecule has 2 aromatic heterocycles. The maximum atomic E-state index is 11.8. The molecule has 0 saturated carbocycles. The molecule has 0 bridgehead atoms. The Bertz CT molecular complexity index is 592. The van der Waals surface area contributed by atoms with Crippen LogP contribution in [0.15, 0.2) is 29.3 Å². The van der Waals surface area contributed by atoms with E-state index in [-0.39, 0.29) is 11.8 Å². The molecule has 0 spiro atoms. The third-order valence-corrected chi connectivity index (χ3v) is 2.64. The number of hydrogen-bond acceptors (Lipinski definition) is 5. The quantitative estimate of drug-likeness (QED) is 0.849. The van der Waals surface area contributed by atoms with E-state index in [1.54, 1.807) is 16.8 Å². The smallest absolute Gasteiger partial charge is 0.269 e. The summed E-state index contributed by atoms with van der Waals surface area (Å²) in [5.74, 6) is 0. The first kappa shape index (κ1) is 17.3. The summed E-state index contributed by atoms with van der Waals surface area (Å²) in [6.45, 7) is 9.50. The van der Waals surface area contributed by atoms with E-state index in [9.17, 15) is 4.79 Å². The summed E-state index contributed by atoms with van der Waals surface area (Å²) in [6.07, 6.45) is 2.55. The monoisotopic (exact) mass is 293 g/mol. The molecule has 2 aromatic rings. The summed E-state index contributed by atoms with van der Waals surface area (Å²) < 4.78 is 12.3. The molecule has 6 heteroatoms. The van der Waals surface area contributed by atoms with Gasteiger partial charge in [-0.2, -0.15) is 0 Å². The molecule has 0 unspecified atom stereocenters. The fourth-order valence-corrected chi connectivity index (χ4v) is 1.85. The van der Waals surface area contributed by atoms with Gasteiger partial charge in [0.25, 0.3) is 5.56 Å². The van der Waals surface area contributed by atoms with E-state index >= 15 is 0 Å². The number of nitrogens with zero attached hydrogens (tertiary/aromatic N) is 3. The predicted octanol–water partition coefficient (Wildman–Crippen LogP) is 2.22. The van der Waals surface area contributed by atoms with Crippen LogP contribution in [0.3, 0.4) is 0 Å². The Hall–Kier alpha value is -1.79. The Morgan fingerprint density at radius 3 is 2.52 bits per heavy atom. The van der Waals surface area contributed by atoms with Crippen LogP contribution in [-0.4, -0.2) is 34.0 Å². The van der Waals surface area contributed by atoms with Crippen molar-refractivity contribution in [3.8, 4) is 0 Å². The summed E-state index contributed by atoms with van der Waals surface area (Å²) in [4.78, 5) is 19.9. The van der Waals surface area contributed by atoms with Crippen molar-refractivity contribution < 1.29 is 9.47 Å². The highest BCUT2D eigenvalue weighted by atomic mass is 16.7. The Labute approximate surface area is 124 Å². The van der Waals surface area contributed by atoms with Gasteiger partial charge < -0.3 is 9.47 Å². The SMILES string of the molecule is CC.CC.O=c1cnc2ncccc2n1CC1OCCO1. The average molecular weight is 293 g/mol. The maximum Gasteiger partial charge on any atom is 0.269 e. The normalized spacial score (nSPS) is 14.1. The van der Waals surface area contributed by atoms with E-state index in [2.05, 4.69) is 9.97 Å². The molecule has 0 aliphatic carbocycles. The van der Waals surface area contributed by atoms with Crippen molar-refractivity contribution in [2.45, 2.75) is 40.5 Å². The average Bonchev–Trinajstić information content (AvgIpc) is 3.07. The number of aromatic nitrogens is 3. The highest BCUT2D eigenvalue weighted by Crippen LogP contribution is 2.10. The van der Waals surface area contributed by atoms with E-state index in [1.807, 2.05) is 33.8 Å². The molecule has 0 radical (unpaired) electrons. The van der Waals surface area contributed by atoms with Gasteiger partial charge in [0.2, 0.25) is 0 Å². The van der Waals surface area contributed by atoms with Crippen LogP contribution in [0.1, 0.15) is 27.7 Å². The fraction of sp³-hybridized carbons (Fsp3) is 0.533. The first-order valence-electron chi connectivity index (χ1n) is 7.38. The van der Waals surface area contributed by atoms with Gasteiger partial charge in [0.1, 0.15) is 0 Å². The molecule has 3 heterocycles. The van der Waals surface area contributed by atoms with Gasteiger partial charge in [-0.25, -0.2) is 9.97 Å². The molecule has 0 atom stereocenters. The van der Waals surface area contributed by atoms with Crippen molar-refractivity contribution in [1.82, 2.24) is 14.5 Å². The summed E-state index contributed by atoms with van der Waals surface area (Å²) in [7, 11) is 0. The zero-order chi connectivity index (χ0) is 15.7. The minimum Gasteiger partial charge on any atom is -0.348 e. The first-order chi connectivity index (χ1) is 10.3. The first-order valence-corrected chi connectivity index (χ1v) is 7.38. The van der Waals surface area contributed by atoms with Crippen molar-refractivity contribution in [2.24, 2.45) is 0 Å². The largest absolute Gasteiger partial charge is 0.348 e. The molecule has 116 valence electrons. The summed E-state index contributed by atoms with van der Waals surface area (Å²) in [6, 6.07) is 3.59. The van der Waals surface area contributed by atoms with Gasteiger partial charge in [-0.1, -0.05) is 27.7 Å². The number of ether oxygens (including phenoxy) is 2. The highest BCUT2D eigenvalue weighted by Gasteiger charge is 2.18. The second-order valence-electron chi connectivity index (χ2n) is 3.72. The molecule has 1 aliphatic heterocycles. The molecule has 0 aromatic carbocycles. The van der Waals surface area contributed by atoms with Crippen molar-refractivity contribution in [2.75, 3.05) is 13.2 Å². The summed E-state index contributed by atoms with van der Waals surface area (Å²) in [5.41, 5.74) is 1.06. The van der Waals surface area contributed by atoms with Gasteiger partial charge in [0, 0.05) is 6.20 Å². The lowest BCUT2D eigenvalue weighted by Gasteiger charge is -2.12. The van der Waals surface area contributed by atoms with Crippen molar-refractivity contribution in [1.29, 1.82) is 0 Å². The summed E-state index contributed by atoms with van der Waals surface area (Å²) in [5, 5.41) is 0. The number of pyridine rings is 1. The van der Waals surface area contributed by atoms with Crippen molar-refractivity contribution in [3.05, 3.63) is 34.9 Å². The van der Waals surface area contributed by atoms with Gasteiger partial charge in [0.05, 0.1) is 31.5 Å². The Kier molecular flexibility index (Phi) is 7.56. The lowest BCUT2D eigenvalue weighted by molar-refractivity contribution is -0.0523. The van der Waals surface area contributed by atoms with E-state index < -0.39 is 0 Å². The van der Waals surface area contributed by atoms with Crippen LogP contribution in [0.5, 0.6) is 0 Å². The van der Waals surface area contributed by atoms with Crippen LogP contribution in [-0.2, 0) is 16.0 Å². The van der Waals surface area contributed by atoms with Crippen molar-refractivity contribution >= 4 is 11.2 Å². The molecule has 3 rings (SSSR count). The standard InChI is InChI=1S/C11H11N3O3.2C2H6/c15-9-6-13-11-8(2-1-3-12-11)14(9)7-10-16-4-5-17-10;2*1-2/h1-3,6,10H,4-5,7H2;2*1-2H3. The third kappa shape index (κ3) is 4.34. The van der Waals surface area contributed by atoms with Crippen LogP contribution in [0.4, 0.5) is 0 Å². The molecule has 1 fully saturated rings. The number of rotatable bonds is 2. The molecule has 0 amide bonds. The minimum atomic E-state index is -0.362. The Balaban J connectivity index is 0.000000510. The van der Waals surface area contributed by atoms with E-state index in [4.69, 9.17) is 9.47 Å². The van der Waals surface area contributed by atoms with Gasteiger partial charge in [0.15, 0.2) is 11.9 Å². The fourth-order valence-electron chi connectivity index (χ4n) is 1.85. The highest BCUT2D eigenvalue weighted by molar-refractivity contribution is 5.69. The number of fused-ring (bicyclic) bond motifs is 1. The molecule has 21 heavy (non-hydrogen) atoms. The number of hydrogen-bond donors (Lipinski definition) is 0. The van der Waals surface area contributed by atoms with Crippen LogP contribution >= 0.6 is 0 Å². The summed E-state index contributed by atoms with van der Waals surface area (Å²) >= 11 is 0. The Morgan fingerprint density at radius 1 is 1.19 bits per heavy atom. The van der Waals surface area contributed by atoms with Gasteiger partial charge >= 0.3 is 0 Å². The topological polar surface area (TPSA) is 66.2 Å². The van der Waals surface area contributed by atoms with Gasteiger partial charge in [-0.05, 0) is 12.1 Å². The lowest BCUT2D eigenvalue weighted by atomic mass is 10.4. The lowest BCUT2D eigenvalue weighted by Crippen LogP contribution is -2.27. The Morgan fingerprint density at radius 2 is 1.86 bits per heavy atom. The molecule has 6 nitrogen and oxygen atoms in total. The zero-order valence-electron chi connectivity index (χ0n) is 13.1. The van der Waals surface area contributed by atoms with Crippen LogP contribution in [0, 0.1) is 0 Å². The molecule has 0 N–H and O–H groups in total. The second-order valence-corrected chi connectivity index (χ2v) is 3.72. The molecular formula is C15H23N3O3. The molecular weight excluding hydrogens is 270 g/mol. The molecule has 1 saturated heterocycles. The van der Waals surface area contributed by atoms with Crippen LogP contribution in [0.2, 0.25) is 0 Å². The van der Waals surface area contributed by atoms with E-state index in [0.29, 0.717) is 30.9 Å². The van der Waals surface area contributed by atoms with Crippen molar-refractivity contribution in [3.63, 3.8) is 0 Å². The minimum absolute atomic E-state index is 0.176. The third-order valence-electron chi connectivity index (χ3n) is 2.64.